The number of pyridine rings is 1. The highest BCUT2D eigenvalue weighted by atomic mass is 32.1. The monoisotopic (exact) mass is 351 g/mol. The second-order valence-corrected chi connectivity index (χ2v) is 7.62. The number of hydrogen-bond acceptors (Lipinski definition) is 4. The molecule has 0 bridgehead atoms. The van der Waals surface area contributed by atoms with Crippen molar-refractivity contribution in [1.29, 1.82) is 0 Å². The van der Waals surface area contributed by atoms with Gasteiger partial charge < -0.3 is 5.32 Å². The van der Waals surface area contributed by atoms with Gasteiger partial charge in [0.05, 0.1) is 27.5 Å². The molecular formula is C20H21N3OS. The lowest BCUT2D eigenvalue weighted by Crippen LogP contribution is -2.35. The van der Waals surface area contributed by atoms with Crippen LogP contribution in [0.2, 0.25) is 0 Å². The van der Waals surface area contributed by atoms with Crippen LogP contribution >= 0.6 is 11.3 Å². The molecule has 2 atom stereocenters. The number of rotatable bonds is 4. The predicted molar refractivity (Wildman–Crippen MR) is 100 cm³/mol. The number of carbonyl (C=O) groups excluding carboxylic acids is 1. The Hall–Kier alpha value is -2.27. The van der Waals surface area contributed by atoms with E-state index >= 15 is 0 Å². The standard InChI is InChI=1S/C20H21N3OS/c24-19(22-13-14-7-5-6-12-21-14)15-8-1-2-9-16(15)20-23-17-10-3-4-11-18(17)25-20/h3-7,10-12,15-16H,1-2,8-9,13H2,(H,22,24). The Kier molecular flexibility index (Phi) is 4.74. The van der Waals surface area contributed by atoms with E-state index in [1.165, 1.54) is 11.1 Å². The van der Waals surface area contributed by atoms with E-state index in [2.05, 4.69) is 16.4 Å². The normalized spacial score (nSPS) is 20.5. The average Bonchev–Trinajstić information content (AvgIpc) is 3.11. The third-order valence-electron chi connectivity index (χ3n) is 4.90. The van der Waals surface area contributed by atoms with Crippen molar-refractivity contribution in [3.05, 3.63) is 59.4 Å². The fourth-order valence-corrected chi connectivity index (χ4v) is 4.77. The molecule has 1 fully saturated rings. The van der Waals surface area contributed by atoms with Gasteiger partial charge in [-0.3, -0.25) is 9.78 Å². The predicted octanol–water partition coefficient (Wildman–Crippen LogP) is 4.28. The van der Waals surface area contributed by atoms with Crippen molar-refractivity contribution < 1.29 is 4.79 Å². The second-order valence-electron chi connectivity index (χ2n) is 6.56. The number of nitrogens with zero attached hydrogens (tertiary/aromatic N) is 2. The molecule has 0 spiro atoms. The molecule has 128 valence electrons. The highest BCUT2D eigenvalue weighted by molar-refractivity contribution is 7.18. The van der Waals surface area contributed by atoms with E-state index in [4.69, 9.17) is 4.98 Å². The van der Waals surface area contributed by atoms with Crippen LogP contribution < -0.4 is 5.32 Å². The zero-order valence-corrected chi connectivity index (χ0v) is 14.8. The van der Waals surface area contributed by atoms with Crippen molar-refractivity contribution in [3.8, 4) is 0 Å². The summed E-state index contributed by atoms with van der Waals surface area (Å²) >= 11 is 1.74. The summed E-state index contributed by atoms with van der Waals surface area (Å²) in [6.45, 7) is 0.489. The lowest BCUT2D eigenvalue weighted by atomic mass is 9.79. The summed E-state index contributed by atoms with van der Waals surface area (Å²) < 4.78 is 1.20. The number of para-hydroxylation sites is 1. The number of carbonyl (C=O) groups is 1. The van der Waals surface area contributed by atoms with Gasteiger partial charge in [-0.2, -0.15) is 0 Å². The van der Waals surface area contributed by atoms with Gasteiger partial charge in [-0.1, -0.05) is 31.0 Å². The van der Waals surface area contributed by atoms with Gasteiger partial charge >= 0.3 is 0 Å². The summed E-state index contributed by atoms with van der Waals surface area (Å²) in [6.07, 6.45) is 6.02. The van der Waals surface area contributed by atoms with Crippen molar-refractivity contribution in [2.45, 2.75) is 38.1 Å². The van der Waals surface area contributed by atoms with Gasteiger partial charge in [0.2, 0.25) is 5.91 Å². The third kappa shape index (κ3) is 3.56. The fraction of sp³-hybridized carbons (Fsp3) is 0.350. The van der Waals surface area contributed by atoms with E-state index in [1.54, 1.807) is 17.5 Å². The van der Waals surface area contributed by atoms with Gasteiger partial charge in [0.25, 0.3) is 0 Å². The van der Waals surface area contributed by atoms with E-state index in [-0.39, 0.29) is 17.7 Å². The SMILES string of the molecule is O=C(NCc1ccccn1)C1CCCCC1c1nc2ccccc2s1. The minimum absolute atomic E-state index is 0.0121. The van der Waals surface area contributed by atoms with Crippen molar-refractivity contribution in [2.75, 3.05) is 0 Å². The quantitative estimate of drug-likeness (QED) is 0.763. The van der Waals surface area contributed by atoms with Gasteiger partial charge in [-0.15, -0.1) is 11.3 Å². The molecule has 1 saturated carbocycles. The molecule has 1 amide bonds. The first-order valence-electron chi connectivity index (χ1n) is 8.84. The summed E-state index contributed by atoms with van der Waals surface area (Å²) in [7, 11) is 0. The second kappa shape index (κ2) is 7.31. The van der Waals surface area contributed by atoms with Crippen LogP contribution in [0.5, 0.6) is 0 Å². The highest BCUT2D eigenvalue weighted by Gasteiger charge is 2.33. The number of benzene rings is 1. The first kappa shape index (κ1) is 16.2. The Morgan fingerprint density at radius 3 is 2.80 bits per heavy atom. The molecule has 4 rings (SSSR count). The van der Waals surface area contributed by atoms with E-state index in [0.717, 1.165) is 35.5 Å². The van der Waals surface area contributed by atoms with Crippen molar-refractivity contribution in [2.24, 2.45) is 5.92 Å². The van der Waals surface area contributed by atoms with Crippen LogP contribution in [0.15, 0.2) is 48.7 Å². The minimum atomic E-state index is 0.0121. The van der Waals surface area contributed by atoms with Gasteiger partial charge in [-0.05, 0) is 37.1 Å². The average molecular weight is 351 g/mol. The number of nitrogens with one attached hydrogen (secondary N) is 1. The zero-order valence-electron chi connectivity index (χ0n) is 14.0. The van der Waals surface area contributed by atoms with Crippen LogP contribution in [-0.2, 0) is 11.3 Å². The van der Waals surface area contributed by atoms with Crippen LogP contribution in [0, 0.1) is 5.92 Å². The molecule has 2 aromatic heterocycles. The first-order valence-corrected chi connectivity index (χ1v) is 9.66. The Balaban J connectivity index is 1.51. The number of amides is 1. The van der Waals surface area contributed by atoms with E-state index in [0.29, 0.717) is 6.54 Å². The summed E-state index contributed by atoms with van der Waals surface area (Å²) in [6, 6.07) is 14.0. The third-order valence-corrected chi connectivity index (χ3v) is 6.07. The Morgan fingerprint density at radius 2 is 1.96 bits per heavy atom. The van der Waals surface area contributed by atoms with Crippen molar-refractivity contribution in [3.63, 3.8) is 0 Å². The fourth-order valence-electron chi connectivity index (χ4n) is 3.60. The van der Waals surface area contributed by atoms with Crippen LogP contribution in [0.25, 0.3) is 10.2 Å². The molecule has 0 radical (unpaired) electrons. The molecule has 5 heteroatoms. The molecule has 2 heterocycles. The Labute approximate surface area is 151 Å². The van der Waals surface area contributed by atoms with Crippen LogP contribution in [0.4, 0.5) is 0 Å². The van der Waals surface area contributed by atoms with Crippen molar-refractivity contribution in [1.82, 2.24) is 15.3 Å². The Morgan fingerprint density at radius 1 is 1.12 bits per heavy atom. The first-order chi connectivity index (χ1) is 12.3. The molecule has 3 aromatic rings. The van der Waals surface area contributed by atoms with E-state index in [9.17, 15) is 4.79 Å². The molecule has 1 N–H and O–H groups in total. The molecular weight excluding hydrogens is 330 g/mol. The molecule has 1 aromatic carbocycles. The number of fused-ring (bicyclic) bond motifs is 1. The van der Waals surface area contributed by atoms with Crippen LogP contribution in [0.3, 0.4) is 0 Å². The van der Waals surface area contributed by atoms with Gasteiger partial charge in [0, 0.05) is 18.0 Å². The minimum Gasteiger partial charge on any atom is -0.350 e. The molecule has 1 aliphatic rings. The molecule has 2 unspecified atom stereocenters. The topological polar surface area (TPSA) is 54.9 Å². The maximum Gasteiger partial charge on any atom is 0.224 e. The van der Waals surface area contributed by atoms with Crippen molar-refractivity contribution >= 4 is 27.5 Å². The molecule has 25 heavy (non-hydrogen) atoms. The molecule has 0 aliphatic heterocycles. The summed E-state index contributed by atoms with van der Waals surface area (Å²) in [5.74, 6) is 0.377. The van der Waals surface area contributed by atoms with Gasteiger partial charge in [0.1, 0.15) is 0 Å². The van der Waals surface area contributed by atoms with E-state index < -0.39 is 0 Å². The maximum atomic E-state index is 12.8. The lowest BCUT2D eigenvalue weighted by Gasteiger charge is -2.29. The van der Waals surface area contributed by atoms with Gasteiger partial charge in [0.15, 0.2) is 0 Å². The van der Waals surface area contributed by atoms with E-state index in [1.807, 2.05) is 36.4 Å². The zero-order chi connectivity index (χ0) is 17.1. The number of hydrogen-bond donors (Lipinski definition) is 1. The summed E-state index contributed by atoms with van der Waals surface area (Å²) in [4.78, 5) is 21.9. The van der Waals surface area contributed by atoms with Crippen LogP contribution in [-0.4, -0.2) is 15.9 Å². The lowest BCUT2D eigenvalue weighted by molar-refractivity contribution is -0.126. The maximum absolute atomic E-state index is 12.8. The largest absolute Gasteiger partial charge is 0.350 e. The summed E-state index contributed by atoms with van der Waals surface area (Å²) in [5, 5.41) is 4.19. The number of aromatic nitrogens is 2. The van der Waals surface area contributed by atoms with Crippen LogP contribution in [0.1, 0.15) is 42.3 Å². The molecule has 0 saturated heterocycles. The summed E-state index contributed by atoms with van der Waals surface area (Å²) in [5.41, 5.74) is 1.93. The van der Waals surface area contributed by atoms with Gasteiger partial charge in [-0.25, -0.2) is 4.98 Å². The smallest absolute Gasteiger partial charge is 0.224 e. The highest BCUT2D eigenvalue weighted by Crippen LogP contribution is 2.40. The molecule has 4 nitrogen and oxygen atoms in total. The Bertz CT molecular complexity index is 829. The number of thiazole rings is 1. The molecule has 1 aliphatic carbocycles.